The fourth-order valence-corrected chi connectivity index (χ4v) is 3.34. The van der Waals surface area contributed by atoms with Crippen molar-refractivity contribution >= 4 is 11.8 Å². The van der Waals surface area contributed by atoms with Crippen LogP contribution in [0.5, 0.6) is 0 Å². The molecule has 1 N–H and O–H groups in total. The van der Waals surface area contributed by atoms with Gasteiger partial charge in [0.25, 0.3) is 0 Å². The van der Waals surface area contributed by atoms with E-state index in [2.05, 4.69) is 12.2 Å². The first kappa shape index (κ1) is 14.4. The fourth-order valence-electron chi connectivity index (χ4n) is 3.34. The van der Waals surface area contributed by atoms with Gasteiger partial charge in [-0.05, 0) is 44.9 Å². The van der Waals surface area contributed by atoms with Crippen molar-refractivity contribution in [2.24, 2.45) is 5.41 Å². The van der Waals surface area contributed by atoms with Crippen LogP contribution in [0.4, 0.5) is 0 Å². The van der Waals surface area contributed by atoms with Crippen molar-refractivity contribution in [2.75, 3.05) is 6.54 Å². The number of hydrogen-bond donors (Lipinski definition) is 1. The highest BCUT2D eigenvalue weighted by Crippen LogP contribution is 2.45. The summed E-state index contributed by atoms with van der Waals surface area (Å²) in [5, 5.41) is 2.85. The summed E-state index contributed by atoms with van der Waals surface area (Å²) >= 11 is 0. The highest BCUT2D eigenvalue weighted by Gasteiger charge is 2.48. The molecule has 2 amide bonds. The van der Waals surface area contributed by atoms with Crippen LogP contribution in [0.25, 0.3) is 0 Å². The molecule has 1 saturated heterocycles. The van der Waals surface area contributed by atoms with Crippen molar-refractivity contribution in [3.05, 3.63) is 0 Å². The second-order valence-electron chi connectivity index (χ2n) is 6.68. The zero-order valence-electron chi connectivity index (χ0n) is 12.6. The molecule has 4 nitrogen and oxygen atoms in total. The molecule has 1 saturated carbocycles. The molecule has 0 aromatic rings. The Morgan fingerprint density at radius 1 is 1.26 bits per heavy atom. The Hall–Kier alpha value is -1.06. The molecule has 0 aromatic carbocycles. The number of nitrogens with zero attached hydrogens (tertiary/aromatic N) is 1. The molecule has 1 atom stereocenters. The summed E-state index contributed by atoms with van der Waals surface area (Å²) in [5.41, 5.74) is -0.502. The van der Waals surface area contributed by atoms with Crippen molar-refractivity contribution in [3.63, 3.8) is 0 Å². The summed E-state index contributed by atoms with van der Waals surface area (Å²) in [5.74, 6) is 0.0661. The quantitative estimate of drug-likeness (QED) is 0.847. The molecule has 1 unspecified atom stereocenters. The molecule has 2 fully saturated rings. The van der Waals surface area contributed by atoms with Crippen LogP contribution in [0.2, 0.25) is 0 Å². The van der Waals surface area contributed by atoms with Crippen LogP contribution in [0.15, 0.2) is 0 Å². The van der Waals surface area contributed by atoms with Gasteiger partial charge in [-0.25, -0.2) is 0 Å². The van der Waals surface area contributed by atoms with Gasteiger partial charge in [-0.3, -0.25) is 9.59 Å². The first-order valence-corrected chi connectivity index (χ1v) is 7.48. The highest BCUT2D eigenvalue weighted by atomic mass is 16.2. The van der Waals surface area contributed by atoms with Crippen LogP contribution in [0.1, 0.15) is 59.8 Å². The molecule has 19 heavy (non-hydrogen) atoms. The van der Waals surface area contributed by atoms with Gasteiger partial charge in [0, 0.05) is 6.54 Å². The first-order valence-electron chi connectivity index (χ1n) is 7.48. The second-order valence-corrected chi connectivity index (χ2v) is 6.68. The molecule has 0 radical (unpaired) electrons. The lowest BCUT2D eigenvalue weighted by Gasteiger charge is -2.50. The number of nitrogens with one attached hydrogen (secondary N) is 1. The van der Waals surface area contributed by atoms with E-state index in [0.717, 1.165) is 13.0 Å². The molecule has 1 aliphatic carbocycles. The zero-order valence-corrected chi connectivity index (χ0v) is 12.6. The van der Waals surface area contributed by atoms with Gasteiger partial charge in [-0.2, -0.15) is 0 Å². The number of piperazine rings is 1. The molecule has 0 bridgehead atoms. The predicted molar refractivity (Wildman–Crippen MR) is 74.6 cm³/mol. The Bertz CT molecular complexity index is 380. The number of amides is 2. The lowest BCUT2D eigenvalue weighted by molar-refractivity contribution is -0.156. The molecule has 0 aromatic heterocycles. The van der Waals surface area contributed by atoms with E-state index >= 15 is 0 Å². The molecular formula is C15H26N2O2. The van der Waals surface area contributed by atoms with Crippen molar-refractivity contribution in [3.8, 4) is 0 Å². The predicted octanol–water partition coefficient (Wildman–Crippen LogP) is 2.08. The van der Waals surface area contributed by atoms with Crippen LogP contribution >= 0.6 is 0 Å². The van der Waals surface area contributed by atoms with Gasteiger partial charge in [-0.1, -0.05) is 20.3 Å². The molecule has 2 aliphatic rings. The summed E-state index contributed by atoms with van der Waals surface area (Å²) in [6.45, 7) is 8.51. The molecule has 4 heteroatoms. The summed E-state index contributed by atoms with van der Waals surface area (Å²) in [6, 6.07) is -0.287. The smallest absolute Gasteiger partial charge is 0.248 e. The third-order valence-electron chi connectivity index (χ3n) is 4.97. The topological polar surface area (TPSA) is 49.4 Å². The normalized spacial score (nSPS) is 28.8. The zero-order chi connectivity index (χ0) is 14.3. The SMILES string of the molecule is CCC1C(=O)NC(C)(C)C(=O)N1CC1(CC)CCC1. The van der Waals surface area contributed by atoms with Crippen molar-refractivity contribution < 1.29 is 9.59 Å². The third kappa shape index (κ3) is 2.37. The summed E-state index contributed by atoms with van der Waals surface area (Å²) < 4.78 is 0. The Kier molecular flexibility index (Phi) is 3.63. The van der Waals surface area contributed by atoms with Crippen LogP contribution in [0.3, 0.4) is 0 Å². The minimum atomic E-state index is -0.762. The average molecular weight is 266 g/mol. The number of carbonyl (C=O) groups is 2. The lowest BCUT2D eigenvalue weighted by atomic mass is 9.66. The highest BCUT2D eigenvalue weighted by molar-refractivity contribution is 5.99. The van der Waals surface area contributed by atoms with Crippen molar-refractivity contribution in [1.29, 1.82) is 0 Å². The molecule has 2 rings (SSSR count). The van der Waals surface area contributed by atoms with Crippen molar-refractivity contribution in [2.45, 2.75) is 71.4 Å². The Balaban J connectivity index is 2.22. The van der Waals surface area contributed by atoms with Gasteiger partial charge in [0.1, 0.15) is 11.6 Å². The van der Waals surface area contributed by atoms with Gasteiger partial charge in [-0.15, -0.1) is 0 Å². The van der Waals surface area contributed by atoms with E-state index in [9.17, 15) is 9.59 Å². The van der Waals surface area contributed by atoms with Gasteiger partial charge in [0.05, 0.1) is 0 Å². The molecule has 1 aliphatic heterocycles. The average Bonchev–Trinajstić information content (AvgIpc) is 2.29. The largest absolute Gasteiger partial charge is 0.340 e. The maximum Gasteiger partial charge on any atom is 0.248 e. The standard InChI is InChI=1S/C15H26N2O2/c1-5-11-12(18)16-14(3,4)13(19)17(11)10-15(6-2)8-7-9-15/h11H,5-10H2,1-4H3,(H,16,18). The van der Waals surface area contributed by atoms with Crippen LogP contribution in [0, 0.1) is 5.41 Å². The van der Waals surface area contributed by atoms with Crippen LogP contribution < -0.4 is 5.32 Å². The molecule has 0 spiro atoms. The van der Waals surface area contributed by atoms with E-state index in [1.807, 2.05) is 11.8 Å². The van der Waals surface area contributed by atoms with E-state index in [1.165, 1.54) is 19.3 Å². The van der Waals surface area contributed by atoms with Gasteiger partial charge >= 0.3 is 0 Å². The second kappa shape index (κ2) is 4.80. The van der Waals surface area contributed by atoms with Gasteiger partial charge in [0.15, 0.2) is 0 Å². The number of hydrogen-bond acceptors (Lipinski definition) is 2. The van der Waals surface area contributed by atoms with E-state index in [1.54, 1.807) is 13.8 Å². The van der Waals surface area contributed by atoms with Gasteiger partial charge < -0.3 is 10.2 Å². The summed E-state index contributed by atoms with van der Waals surface area (Å²) in [7, 11) is 0. The lowest BCUT2D eigenvalue weighted by Crippen LogP contribution is -2.69. The maximum absolute atomic E-state index is 12.6. The number of rotatable bonds is 4. The minimum Gasteiger partial charge on any atom is -0.340 e. The van der Waals surface area contributed by atoms with E-state index in [-0.39, 0.29) is 23.3 Å². The van der Waals surface area contributed by atoms with Crippen LogP contribution in [-0.2, 0) is 9.59 Å². The van der Waals surface area contributed by atoms with E-state index < -0.39 is 5.54 Å². The number of carbonyl (C=O) groups excluding carboxylic acids is 2. The molecular weight excluding hydrogens is 240 g/mol. The van der Waals surface area contributed by atoms with Gasteiger partial charge in [0.2, 0.25) is 11.8 Å². The summed E-state index contributed by atoms with van der Waals surface area (Å²) in [6.07, 6.45) is 5.41. The molecule has 108 valence electrons. The third-order valence-corrected chi connectivity index (χ3v) is 4.97. The van der Waals surface area contributed by atoms with E-state index in [0.29, 0.717) is 6.42 Å². The van der Waals surface area contributed by atoms with Crippen molar-refractivity contribution in [1.82, 2.24) is 10.2 Å². The Morgan fingerprint density at radius 2 is 1.89 bits per heavy atom. The summed E-state index contributed by atoms with van der Waals surface area (Å²) in [4.78, 5) is 26.6. The minimum absolute atomic E-state index is 0.00215. The first-order chi connectivity index (χ1) is 8.85. The fraction of sp³-hybridized carbons (Fsp3) is 0.867. The maximum atomic E-state index is 12.6. The van der Waals surface area contributed by atoms with Crippen LogP contribution in [-0.4, -0.2) is 34.8 Å². The monoisotopic (exact) mass is 266 g/mol. The Morgan fingerprint density at radius 3 is 2.32 bits per heavy atom. The van der Waals surface area contributed by atoms with E-state index in [4.69, 9.17) is 0 Å². The molecule has 1 heterocycles. The Labute approximate surface area is 115 Å².